The van der Waals surface area contributed by atoms with Gasteiger partial charge in [-0.1, -0.05) is 6.07 Å². The van der Waals surface area contributed by atoms with Crippen LogP contribution >= 0.6 is 0 Å². The van der Waals surface area contributed by atoms with Crippen molar-refractivity contribution in [2.75, 3.05) is 0 Å². The quantitative estimate of drug-likeness (QED) is 0.338. The smallest absolute Gasteiger partial charge is 0.422 e. The van der Waals surface area contributed by atoms with E-state index in [1.807, 2.05) is 0 Å². The summed E-state index contributed by atoms with van der Waals surface area (Å²) in [6.45, 7) is 0. The first kappa shape index (κ1) is 17.5. The molecule has 0 fully saturated rings. The summed E-state index contributed by atoms with van der Waals surface area (Å²) in [5.41, 5.74) is -3.33. The van der Waals surface area contributed by atoms with E-state index < -0.39 is 57.1 Å². The molecule has 0 amide bonds. The Balaban J connectivity index is 2.57. The largest absolute Gasteiger partial charge is 0.451 e. The van der Waals surface area contributed by atoms with E-state index in [0.29, 0.717) is 6.07 Å². The number of rotatable bonds is 3. The van der Waals surface area contributed by atoms with Gasteiger partial charge in [0.2, 0.25) is 17.4 Å². The molecule has 0 atom stereocenters. The number of non-ortho nitro benzene ring substituents is 1. The second-order valence-corrected chi connectivity index (χ2v) is 4.31. The molecule has 0 unspecified atom stereocenters. The Morgan fingerprint density at radius 3 is 1.96 bits per heavy atom. The molecule has 11 heteroatoms. The molecular weight excluding hydrogens is 351 g/mol. The average molecular weight is 355 g/mol. The van der Waals surface area contributed by atoms with Gasteiger partial charge in [0.25, 0.3) is 5.69 Å². The van der Waals surface area contributed by atoms with Gasteiger partial charge in [-0.2, -0.15) is 22.0 Å². The van der Waals surface area contributed by atoms with E-state index in [9.17, 15) is 40.8 Å². The van der Waals surface area contributed by atoms with E-state index in [1.165, 1.54) is 0 Å². The summed E-state index contributed by atoms with van der Waals surface area (Å²) in [5, 5.41) is 10.6. The molecule has 0 saturated carbocycles. The fourth-order valence-corrected chi connectivity index (χ4v) is 1.73. The van der Waals surface area contributed by atoms with Gasteiger partial charge in [-0.05, 0) is 6.07 Å². The Bertz CT molecular complexity index is 791. The van der Waals surface area contributed by atoms with E-state index in [1.54, 1.807) is 0 Å². The highest BCUT2D eigenvalue weighted by Crippen LogP contribution is 2.40. The van der Waals surface area contributed by atoms with Crippen molar-refractivity contribution in [2.45, 2.75) is 6.18 Å². The zero-order valence-corrected chi connectivity index (χ0v) is 11.1. The van der Waals surface area contributed by atoms with Gasteiger partial charge < -0.3 is 4.74 Å². The molecule has 2 aromatic carbocycles. The van der Waals surface area contributed by atoms with Gasteiger partial charge in [0.1, 0.15) is 11.3 Å². The highest BCUT2D eigenvalue weighted by molar-refractivity contribution is 5.43. The predicted octanol–water partition coefficient (Wildman–Crippen LogP) is 4.96. The minimum Gasteiger partial charge on any atom is -0.451 e. The first-order valence-corrected chi connectivity index (χ1v) is 5.89. The molecule has 4 nitrogen and oxygen atoms in total. The number of ether oxygens (including phenoxy) is 1. The van der Waals surface area contributed by atoms with Crippen molar-refractivity contribution < 1.29 is 40.4 Å². The summed E-state index contributed by atoms with van der Waals surface area (Å²) in [5.74, 6) is -12.6. The van der Waals surface area contributed by atoms with Crippen molar-refractivity contribution in [1.29, 1.82) is 0 Å². The van der Waals surface area contributed by atoms with Crippen molar-refractivity contribution in [3.05, 3.63) is 63.2 Å². The third kappa shape index (κ3) is 3.09. The number of halogens is 7. The van der Waals surface area contributed by atoms with Crippen LogP contribution in [0.4, 0.5) is 36.4 Å². The van der Waals surface area contributed by atoms with Crippen LogP contribution < -0.4 is 4.74 Å². The number of nitrogens with zero attached hydrogens (tertiary/aromatic N) is 1. The highest BCUT2D eigenvalue weighted by atomic mass is 19.4. The lowest BCUT2D eigenvalue weighted by molar-refractivity contribution is -0.384. The number of nitro groups is 1. The zero-order valence-electron chi connectivity index (χ0n) is 11.1. The van der Waals surface area contributed by atoms with Gasteiger partial charge in [0.05, 0.1) is 11.0 Å². The first-order chi connectivity index (χ1) is 11.0. The molecule has 0 aliphatic heterocycles. The molecule has 0 N–H and O–H groups in total. The van der Waals surface area contributed by atoms with Gasteiger partial charge >= 0.3 is 6.18 Å². The van der Waals surface area contributed by atoms with Crippen molar-refractivity contribution in [2.24, 2.45) is 0 Å². The van der Waals surface area contributed by atoms with Crippen molar-refractivity contribution in [3.8, 4) is 11.5 Å². The van der Waals surface area contributed by atoms with E-state index in [0.717, 1.165) is 18.2 Å². The standard InChI is InChI=1S/C13H4F7NO3/c14-8-7(13(18,19)20)9(15)11(17)12(10(8)16)24-6-3-1-2-5(4-6)21(22)23/h1-4H. The Morgan fingerprint density at radius 2 is 1.50 bits per heavy atom. The minimum atomic E-state index is -5.68. The first-order valence-electron chi connectivity index (χ1n) is 5.89. The van der Waals surface area contributed by atoms with Crippen molar-refractivity contribution in [1.82, 2.24) is 0 Å². The van der Waals surface area contributed by atoms with Gasteiger partial charge in [0, 0.05) is 6.07 Å². The van der Waals surface area contributed by atoms with Crippen molar-refractivity contribution >= 4 is 5.69 Å². The fourth-order valence-electron chi connectivity index (χ4n) is 1.73. The number of hydrogen-bond acceptors (Lipinski definition) is 3. The third-order valence-corrected chi connectivity index (χ3v) is 2.75. The molecule has 0 aromatic heterocycles. The Kier molecular flexibility index (Phi) is 4.36. The third-order valence-electron chi connectivity index (χ3n) is 2.75. The van der Waals surface area contributed by atoms with Gasteiger partial charge in [-0.3, -0.25) is 10.1 Å². The Hall–Kier alpha value is -2.85. The maximum Gasteiger partial charge on any atom is 0.422 e. The topological polar surface area (TPSA) is 52.4 Å². The van der Waals surface area contributed by atoms with E-state index in [-0.39, 0.29) is 0 Å². The van der Waals surface area contributed by atoms with Crippen LogP contribution in [0.1, 0.15) is 5.56 Å². The fraction of sp³-hybridized carbons (Fsp3) is 0.0769. The lowest BCUT2D eigenvalue weighted by Crippen LogP contribution is -2.15. The van der Waals surface area contributed by atoms with Gasteiger partial charge in [-0.15, -0.1) is 0 Å². The molecule has 0 heterocycles. The molecule has 0 spiro atoms. The maximum atomic E-state index is 13.6. The molecule has 0 radical (unpaired) electrons. The van der Waals surface area contributed by atoms with Crippen LogP contribution in [-0.4, -0.2) is 4.92 Å². The van der Waals surface area contributed by atoms with Crippen LogP contribution in [0.2, 0.25) is 0 Å². The van der Waals surface area contributed by atoms with Crippen LogP contribution in [0.3, 0.4) is 0 Å². The molecule has 0 saturated heterocycles. The Labute approximate surface area is 128 Å². The summed E-state index contributed by atoms with van der Waals surface area (Å²) in [6.07, 6.45) is -5.68. The SMILES string of the molecule is O=[N+]([O-])c1cccc(Oc2c(F)c(F)c(C(F)(F)F)c(F)c2F)c1. The number of alkyl halides is 3. The van der Waals surface area contributed by atoms with Crippen LogP contribution in [0.15, 0.2) is 24.3 Å². The van der Waals surface area contributed by atoms with E-state index in [4.69, 9.17) is 0 Å². The molecule has 128 valence electrons. The number of hydrogen-bond donors (Lipinski definition) is 0. The molecule has 0 aliphatic carbocycles. The van der Waals surface area contributed by atoms with Crippen LogP contribution in [0.5, 0.6) is 11.5 Å². The second kappa shape index (κ2) is 5.98. The molecule has 0 aliphatic rings. The number of nitro benzene ring substituents is 1. The molecule has 24 heavy (non-hydrogen) atoms. The van der Waals surface area contributed by atoms with Crippen LogP contribution in [0.25, 0.3) is 0 Å². The average Bonchev–Trinajstić information content (AvgIpc) is 2.48. The Morgan fingerprint density at radius 1 is 0.958 bits per heavy atom. The zero-order chi connectivity index (χ0) is 18.2. The summed E-state index contributed by atoms with van der Waals surface area (Å²) in [6, 6.07) is 3.61. The lowest BCUT2D eigenvalue weighted by atomic mass is 10.1. The highest BCUT2D eigenvalue weighted by Gasteiger charge is 2.42. The van der Waals surface area contributed by atoms with Gasteiger partial charge in [-0.25, -0.2) is 8.78 Å². The molecule has 2 rings (SSSR count). The molecule has 2 aromatic rings. The lowest BCUT2D eigenvalue weighted by Gasteiger charge is -2.14. The minimum absolute atomic E-state index is 0.582. The normalized spacial score (nSPS) is 11.5. The van der Waals surface area contributed by atoms with Crippen LogP contribution in [-0.2, 0) is 6.18 Å². The predicted molar refractivity (Wildman–Crippen MR) is 64.4 cm³/mol. The molecule has 0 bridgehead atoms. The molecular formula is C13H4F7NO3. The van der Waals surface area contributed by atoms with Crippen molar-refractivity contribution in [3.63, 3.8) is 0 Å². The van der Waals surface area contributed by atoms with E-state index in [2.05, 4.69) is 4.74 Å². The monoisotopic (exact) mass is 355 g/mol. The van der Waals surface area contributed by atoms with Gasteiger partial charge in [0.15, 0.2) is 11.6 Å². The van der Waals surface area contributed by atoms with Crippen LogP contribution in [0, 0.1) is 33.4 Å². The summed E-state index contributed by atoms with van der Waals surface area (Å²) in [7, 11) is 0. The van der Waals surface area contributed by atoms with E-state index >= 15 is 0 Å². The second-order valence-electron chi connectivity index (χ2n) is 4.31. The maximum absolute atomic E-state index is 13.6. The summed E-state index contributed by atoms with van der Waals surface area (Å²) < 4.78 is 95.9. The summed E-state index contributed by atoms with van der Waals surface area (Å²) >= 11 is 0. The summed E-state index contributed by atoms with van der Waals surface area (Å²) in [4.78, 5) is 9.66. The number of benzene rings is 2.